The Morgan fingerprint density at radius 1 is 1.35 bits per heavy atom. The van der Waals surface area contributed by atoms with E-state index < -0.39 is 0 Å². The van der Waals surface area contributed by atoms with Crippen molar-refractivity contribution < 1.29 is 19.0 Å². The monoisotopic (exact) mass is 283 g/mol. The molecule has 0 saturated carbocycles. The number of aliphatic hydroxyl groups is 1. The lowest BCUT2D eigenvalue weighted by Gasteiger charge is -2.36. The van der Waals surface area contributed by atoms with E-state index in [0.29, 0.717) is 12.4 Å². The Morgan fingerprint density at radius 2 is 2.10 bits per heavy atom. The molecule has 0 aromatic heterocycles. The lowest BCUT2D eigenvalue weighted by molar-refractivity contribution is -0.0955. The lowest BCUT2D eigenvalue weighted by atomic mass is 10.2. The zero-order chi connectivity index (χ0) is 14.4. The molecule has 0 amide bonds. The molecule has 2 rings (SSSR count). The molecule has 1 aliphatic heterocycles. The highest BCUT2D eigenvalue weighted by Crippen LogP contribution is 2.13. The molecule has 0 aliphatic carbocycles. The van der Waals surface area contributed by atoms with Gasteiger partial charge in [0.25, 0.3) is 0 Å². The van der Waals surface area contributed by atoms with Crippen molar-refractivity contribution in [3.05, 3.63) is 30.1 Å². The van der Waals surface area contributed by atoms with E-state index in [1.54, 1.807) is 12.1 Å². The predicted molar refractivity (Wildman–Crippen MR) is 74.4 cm³/mol. The first-order valence-corrected chi connectivity index (χ1v) is 7.04. The number of benzene rings is 1. The van der Waals surface area contributed by atoms with Gasteiger partial charge in [-0.3, -0.25) is 4.90 Å². The minimum atomic E-state index is -0.255. The van der Waals surface area contributed by atoms with Crippen LogP contribution in [0.5, 0.6) is 5.75 Å². The Labute approximate surface area is 119 Å². The molecule has 1 heterocycles. The molecule has 20 heavy (non-hydrogen) atoms. The molecule has 2 unspecified atom stereocenters. The fourth-order valence-electron chi connectivity index (χ4n) is 2.43. The Hall–Kier alpha value is -1.17. The van der Waals surface area contributed by atoms with Gasteiger partial charge in [-0.05, 0) is 37.6 Å². The lowest BCUT2D eigenvalue weighted by Crippen LogP contribution is -2.48. The summed E-state index contributed by atoms with van der Waals surface area (Å²) in [6, 6.07) is 6.05. The van der Waals surface area contributed by atoms with Crippen LogP contribution in [0.4, 0.5) is 4.39 Å². The minimum Gasteiger partial charge on any atom is -0.494 e. The molecular weight excluding hydrogens is 261 g/mol. The van der Waals surface area contributed by atoms with Crippen LogP contribution in [0.2, 0.25) is 0 Å². The molecule has 112 valence electrons. The fraction of sp³-hybridized carbons (Fsp3) is 0.600. The van der Waals surface area contributed by atoms with Gasteiger partial charge in [0.15, 0.2) is 0 Å². The largest absolute Gasteiger partial charge is 0.494 e. The highest BCUT2D eigenvalue weighted by molar-refractivity contribution is 5.21. The van der Waals surface area contributed by atoms with Gasteiger partial charge in [0.05, 0.1) is 25.4 Å². The van der Waals surface area contributed by atoms with Gasteiger partial charge in [0.2, 0.25) is 0 Å². The minimum absolute atomic E-state index is 0.0624. The summed E-state index contributed by atoms with van der Waals surface area (Å²) in [4.78, 5) is 2.28. The van der Waals surface area contributed by atoms with E-state index in [2.05, 4.69) is 4.90 Å². The van der Waals surface area contributed by atoms with Gasteiger partial charge in [0, 0.05) is 19.6 Å². The summed E-state index contributed by atoms with van der Waals surface area (Å²) in [7, 11) is 0. The van der Waals surface area contributed by atoms with Crippen molar-refractivity contribution >= 4 is 0 Å². The Kier molecular flexibility index (Phi) is 5.76. The van der Waals surface area contributed by atoms with Crippen LogP contribution in [0.15, 0.2) is 24.3 Å². The SMILES string of the molecule is CC1CN(CCCOc2ccc(F)cc2)CC(CO)O1. The van der Waals surface area contributed by atoms with E-state index in [1.807, 2.05) is 6.92 Å². The van der Waals surface area contributed by atoms with Crippen LogP contribution in [-0.4, -0.2) is 55.1 Å². The van der Waals surface area contributed by atoms with Gasteiger partial charge >= 0.3 is 0 Å². The number of hydrogen-bond donors (Lipinski definition) is 1. The average molecular weight is 283 g/mol. The first-order chi connectivity index (χ1) is 9.67. The second-order valence-electron chi connectivity index (χ2n) is 5.17. The number of halogens is 1. The molecule has 2 atom stereocenters. The zero-order valence-corrected chi connectivity index (χ0v) is 11.8. The standard InChI is InChI=1S/C15H22FNO3/c1-12-9-17(10-15(11-18)20-12)7-2-8-19-14-5-3-13(16)4-6-14/h3-6,12,15,18H,2,7-11H2,1H3. The predicted octanol–water partition coefficient (Wildman–Crippen LogP) is 1.68. The Balaban J connectivity index is 1.66. The molecule has 0 bridgehead atoms. The van der Waals surface area contributed by atoms with Crippen molar-refractivity contribution in [2.75, 3.05) is 32.8 Å². The molecule has 4 nitrogen and oxygen atoms in total. The number of aliphatic hydroxyl groups excluding tert-OH is 1. The molecular formula is C15H22FNO3. The summed E-state index contributed by atoms with van der Waals surface area (Å²) in [5.41, 5.74) is 0. The van der Waals surface area contributed by atoms with Gasteiger partial charge in [-0.15, -0.1) is 0 Å². The smallest absolute Gasteiger partial charge is 0.123 e. The molecule has 1 aromatic carbocycles. The van der Waals surface area contributed by atoms with Gasteiger partial charge in [-0.25, -0.2) is 4.39 Å². The van der Waals surface area contributed by atoms with E-state index in [4.69, 9.17) is 14.6 Å². The van der Waals surface area contributed by atoms with E-state index >= 15 is 0 Å². The first kappa shape index (κ1) is 15.2. The molecule has 1 saturated heterocycles. The summed E-state index contributed by atoms with van der Waals surface area (Å²) in [6.07, 6.45) is 0.957. The Morgan fingerprint density at radius 3 is 2.80 bits per heavy atom. The zero-order valence-electron chi connectivity index (χ0n) is 11.8. The van der Waals surface area contributed by atoms with E-state index in [1.165, 1.54) is 12.1 Å². The molecule has 1 aromatic rings. The average Bonchev–Trinajstić information content (AvgIpc) is 2.45. The van der Waals surface area contributed by atoms with Crippen LogP contribution in [0.25, 0.3) is 0 Å². The number of nitrogens with zero attached hydrogens (tertiary/aromatic N) is 1. The van der Waals surface area contributed by atoms with E-state index in [-0.39, 0.29) is 24.6 Å². The van der Waals surface area contributed by atoms with Crippen molar-refractivity contribution in [1.29, 1.82) is 0 Å². The van der Waals surface area contributed by atoms with Crippen LogP contribution in [0, 0.1) is 5.82 Å². The number of ether oxygens (including phenoxy) is 2. The number of hydrogen-bond acceptors (Lipinski definition) is 4. The maximum absolute atomic E-state index is 12.7. The molecule has 5 heteroatoms. The van der Waals surface area contributed by atoms with Crippen molar-refractivity contribution in [1.82, 2.24) is 4.90 Å². The van der Waals surface area contributed by atoms with E-state index in [9.17, 15) is 4.39 Å². The van der Waals surface area contributed by atoms with Gasteiger partial charge in [0.1, 0.15) is 11.6 Å². The highest BCUT2D eigenvalue weighted by atomic mass is 19.1. The Bertz CT molecular complexity index is 399. The maximum Gasteiger partial charge on any atom is 0.123 e. The highest BCUT2D eigenvalue weighted by Gasteiger charge is 2.23. The van der Waals surface area contributed by atoms with Crippen LogP contribution < -0.4 is 4.74 Å². The van der Waals surface area contributed by atoms with Crippen molar-refractivity contribution in [2.24, 2.45) is 0 Å². The third-order valence-corrected chi connectivity index (χ3v) is 3.31. The second kappa shape index (κ2) is 7.57. The topological polar surface area (TPSA) is 41.9 Å². The van der Waals surface area contributed by atoms with Gasteiger partial charge < -0.3 is 14.6 Å². The molecule has 1 N–H and O–H groups in total. The van der Waals surface area contributed by atoms with Gasteiger partial charge in [-0.2, -0.15) is 0 Å². The second-order valence-corrected chi connectivity index (χ2v) is 5.17. The quantitative estimate of drug-likeness (QED) is 0.807. The van der Waals surface area contributed by atoms with Crippen LogP contribution in [0.3, 0.4) is 0 Å². The fourth-order valence-corrected chi connectivity index (χ4v) is 2.43. The third kappa shape index (κ3) is 4.74. The maximum atomic E-state index is 12.7. The van der Waals surface area contributed by atoms with Crippen LogP contribution in [0.1, 0.15) is 13.3 Å². The van der Waals surface area contributed by atoms with Crippen molar-refractivity contribution in [2.45, 2.75) is 25.6 Å². The summed E-state index contributed by atoms with van der Waals surface area (Å²) in [6.45, 7) is 5.23. The van der Waals surface area contributed by atoms with E-state index in [0.717, 1.165) is 26.1 Å². The summed E-state index contributed by atoms with van der Waals surface area (Å²) in [5, 5.41) is 9.16. The summed E-state index contributed by atoms with van der Waals surface area (Å²) < 4.78 is 23.9. The molecule has 1 fully saturated rings. The number of morpholine rings is 1. The molecule has 0 spiro atoms. The summed E-state index contributed by atoms with van der Waals surface area (Å²) in [5.74, 6) is 0.435. The molecule has 0 radical (unpaired) electrons. The normalized spacial score (nSPS) is 23.8. The van der Waals surface area contributed by atoms with Gasteiger partial charge in [-0.1, -0.05) is 0 Å². The van der Waals surface area contributed by atoms with Crippen LogP contribution >= 0.6 is 0 Å². The number of rotatable bonds is 6. The molecule has 1 aliphatic rings. The van der Waals surface area contributed by atoms with Crippen molar-refractivity contribution in [3.8, 4) is 5.75 Å². The third-order valence-electron chi connectivity index (χ3n) is 3.31. The summed E-state index contributed by atoms with van der Waals surface area (Å²) >= 11 is 0. The van der Waals surface area contributed by atoms with Crippen LogP contribution in [-0.2, 0) is 4.74 Å². The van der Waals surface area contributed by atoms with Crippen molar-refractivity contribution in [3.63, 3.8) is 0 Å². The first-order valence-electron chi connectivity index (χ1n) is 7.04.